The van der Waals surface area contributed by atoms with E-state index in [-0.39, 0.29) is 5.91 Å². The van der Waals surface area contributed by atoms with E-state index in [9.17, 15) is 24.3 Å². The van der Waals surface area contributed by atoms with Crippen molar-refractivity contribution in [1.29, 1.82) is 0 Å². The van der Waals surface area contributed by atoms with Gasteiger partial charge in [-0.2, -0.15) is 11.8 Å². The van der Waals surface area contributed by atoms with Crippen LogP contribution in [0.15, 0.2) is 30.3 Å². The lowest BCUT2D eigenvalue weighted by atomic mass is 10.1. The Morgan fingerprint density at radius 2 is 1.91 bits per heavy atom. The zero-order valence-electron chi connectivity index (χ0n) is 18.5. The third-order valence-electron chi connectivity index (χ3n) is 5.43. The van der Waals surface area contributed by atoms with Crippen molar-refractivity contribution < 1.29 is 24.3 Å². The molecule has 2 rings (SSSR count). The Morgan fingerprint density at radius 1 is 1.22 bits per heavy atom. The third kappa shape index (κ3) is 7.23. The molecule has 32 heavy (non-hydrogen) atoms. The predicted molar refractivity (Wildman–Crippen MR) is 123 cm³/mol. The van der Waals surface area contributed by atoms with Crippen molar-refractivity contribution >= 4 is 35.5 Å². The van der Waals surface area contributed by atoms with E-state index < -0.39 is 42.0 Å². The van der Waals surface area contributed by atoms with Gasteiger partial charge in [-0.25, -0.2) is 4.79 Å². The van der Waals surface area contributed by atoms with Gasteiger partial charge in [0.2, 0.25) is 17.7 Å². The fourth-order valence-electron chi connectivity index (χ4n) is 3.66. The first-order valence-corrected chi connectivity index (χ1v) is 12.1. The highest BCUT2D eigenvalue weighted by atomic mass is 32.2. The van der Waals surface area contributed by atoms with Crippen LogP contribution in [0.4, 0.5) is 0 Å². The summed E-state index contributed by atoms with van der Waals surface area (Å²) in [4.78, 5) is 51.0. The molecule has 0 aromatic heterocycles. The van der Waals surface area contributed by atoms with Crippen LogP contribution in [0.3, 0.4) is 0 Å². The molecule has 0 bridgehead atoms. The lowest BCUT2D eigenvalue weighted by Crippen LogP contribution is -2.56. The van der Waals surface area contributed by atoms with Crippen LogP contribution in [0, 0.1) is 0 Å². The van der Waals surface area contributed by atoms with E-state index in [2.05, 4.69) is 10.6 Å². The molecule has 176 valence electrons. The molecular formula is C22H32N4O5S. The van der Waals surface area contributed by atoms with E-state index in [4.69, 9.17) is 5.73 Å². The number of likely N-dealkylation sites (tertiary alicyclic amines) is 1. The van der Waals surface area contributed by atoms with E-state index in [1.165, 1.54) is 16.7 Å². The number of thioether (sulfide) groups is 1. The van der Waals surface area contributed by atoms with Crippen LogP contribution in [0.25, 0.3) is 0 Å². The number of rotatable bonds is 11. The maximum atomic E-state index is 12.9. The molecule has 1 aromatic carbocycles. The van der Waals surface area contributed by atoms with Crippen molar-refractivity contribution in [2.75, 3.05) is 18.6 Å². The molecule has 0 radical (unpaired) electrons. The number of nitrogens with one attached hydrogen (secondary N) is 2. The minimum Gasteiger partial charge on any atom is -0.480 e. The smallest absolute Gasteiger partial charge is 0.326 e. The molecule has 10 heteroatoms. The van der Waals surface area contributed by atoms with E-state index in [0.717, 1.165) is 5.56 Å². The summed E-state index contributed by atoms with van der Waals surface area (Å²) in [7, 11) is 0. The number of nitrogens with two attached hydrogens (primary N) is 1. The minimum absolute atomic E-state index is 0.300. The number of carboxylic acids is 1. The van der Waals surface area contributed by atoms with Gasteiger partial charge in [0, 0.05) is 6.54 Å². The maximum Gasteiger partial charge on any atom is 0.326 e. The topological polar surface area (TPSA) is 142 Å². The molecule has 1 aliphatic heterocycles. The van der Waals surface area contributed by atoms with Crippen molar-refractivity contribution in [2.24, 2.45) is 5.73 Å². The number of nitrogens with zero attached hydrogens (tertiary/aromatic N) is 1. The van der Waals surface area contributed by atoms with Gasteiger partial charge in [-0.05, 0) is 50.2 Å². The normalized spacial score (nSPS) is 18.5. The number of amides is 3. The second-order valence-corrected chi connectivity index (χ2v) is 8.88. The molecule has 1 heterocycles. The van der Waals surface area contributed by atoms with Crippen LogP contribution in [0.5, 0.6) is 0 Å². The molecular weight excluding hydrogens is 432 g/mol. The monoisotopic (exact) mass is 464 g/mol. The van der Waals surface area contributed by atoms with Crippen LogP contribution < -0.4 is 16.4 Å². The predicted octanol–water partition coefficient (Wildman–Crippen LogP) is 0.375. The van der Waals surface area contributed by atoms with Crippen molar-refractivity contribution in [2.45, 2.75) is 56.8 Å². The summed E-state index contributed by atoms with van der Waals surface area (Å²) in [6.45, 7) is 1.93. The number of carboxylic acid groups (broad SMARTS) is 1. The molecule has 1 fully saturated rings. The molecule has 0 spiro atoms. The number of carbonyl (C=O) groups excluding carboxylic acids is 3. The van der Waals surface area contributed by atoms with Gasteiger partial charge in [0.1, 0.15) is 18.1 Å². The number of hydrogen-bond donors (Lipinski definition) is 4. The summed E-state index contributed by atoms with van der Waals surface area (Å²) in [5, 5.41) is 14.5. The molecule has 9 nitrogen and oxygen atoms in total. The molecule has 1 aromatic rings. The second kappa shape index (κ2) is 12.4. The summed E-state index contributed by atoms with van der Waals surface area (Å²) in [5.41, 5.74) is 6.91. The third-order valence-corrected chi connectivity index (χ3v) is 6.07. The van der Waals surface area contributed by atoms with Crippen LogP contribution in [0.1, 0.15) is 31.7 Å². The quantitative estimate of drug-likeness (QED) is 0.371. The molecule has 0 aliphatic carbocycles. The highest BCUT2D eigenvalue weighted by Crippen LogP contribution is 2.19. The number of aliphatic carboxylic acids is 1. The highest BCUT2D eigenvalue weighted by molar-refractivity contribution is 7.98. The van der Waals surface area contributed by atoms with Crippen LogP contribution in [-0.4, -0.2) is 76.4 Å². The molecule has 1 saturated heterocycles. The molecule has 0 saturated carbocycles. The van der Waals surface area contributed by atoms with Gasteiger partial charge in [-0.1, -0.05) is 30.3 Å². The van der Waals surface area contributed by atoms with Crippen LogP contribution >= 0.6 is 11.8 Å². The van der Waals surface area contributed by atoms with Gasteiger partial charge in [0.15, 0.2) is 0 Å². The van der Waals surface area contributed by atoms with Gasteiger partial charge in [0.25, 0.3) is 0 Å². The van der Waals surface area contributed by atoms with Crippen molar-refractivity contribution in [3.05, 3.63) is 35.9 Å². The van der Waals surface area contributed by atoms with E-state index >= 15 is 0 Å². The standard InChI is InChI=1S/C22H32N4O5S/c1-14(24-19(27)16(23)13-15-7-4-3-5-8-15)21(29)26-11-6-9-18(26)20(28)25-17(22(30)31)10-12-32-2/h3-5,7-8,14,16-18H,6,9-13,23H2,1-2H3,(H,24,27)(H,25,28)(H,30,31). The number of carbonyl (C=O) groups is 4. The average Bonchev–Trinajstić information content (AvgIpc) is 3.26. The first-order chi connectivity index (χ1) is 15.2. The Labute approximate surface area is 192 Å². The Hall–Kier alpha value is -2.59. The van der Waals surface area contributed by atoms with Gasteiger partial charge in [0.05, 0.1) is 6.04 Å². The van der Waals surface area contributed by atoms with Crippen molar-refractivity contribution in [3.63, 3.8) is 0 Å². The highest BCUT2D eigenvalue weighted by Gasteiger charge is 2.37. The molecule has 1 aliphatic rings. The van der Waals surface area contributed by atoms with Gasteiger partial charge >= 0.3 is 5.97 Å². The average molecular weight is 465 g/mol. The van der Waals surface area contributed by atoms with E-state index in [1.807, 2.05) is 36.6 Å². The lowest BCUT2D eigenvalue weighted by molar-refractivity contribution is -0.144. The SMILES string of the molecule is CSCCC(NC(=O)C1CCCN1C(=O)C(C)NC(=O)C(N)Cc1ccccc1)C(=O)O. The van der Waals surface area contributed by atoms with Crippen molar-refractivity contribution in [1.82, 2.24) is 15.5 Å². The first-order valence-electron chi connectivity index (χ1n) is 10.7. The Bertz CT molecular complexity index is 807. The van der Waals surface area contributed by atoms with Gasteiger partial charge in [-0.3, -0.25) is 14.4 Å². The van der Waals surface area contributed by atoms with Crippen LogP contribution in [-0.2, 0) is 25.6 Å². The lowest BCUT2D eigenvalue weighted by Gasteiger charge is -2.28. The fraction of sp³-hybridized carbons (Fsp3) is 0.545. The fourth-order valence-corrected chi connectivity index (χ4v) is 4.13. The zero-order valence-corrected chi connectivity index (χ0v) is 19.3. The number of benzene rings is 1. The van der Waals surface area contributed by atoms with Gasteiger partial charge in [-0.15, -0.1) is 0 Å². The molecule has 4 unspecified atom stereocenters. The van der Waals surface area contributed by atoms with E-state index in [1.54, 1.807) is 6.92 Å². The van der Waals surface area contributed by atoms with E-state index in [0.29, 0.717) is 38.0 Å². The number of hydrogen-bond acceptors (Lipinski definition) is 6. The molecule has 4 atom stereocenters. The summed E-state index contributed by atoms with van der Waals surface area (Å²) in [6.07, 6.45) is 3.57. The Morgan fingerprint density at radius 3 is 2.53 bits per heavy atom. The minimum atomic E-state index is -1.10. The second-order valence-electron chi connectivity index (χ2n) is 7.90. The maximum absolute atomic E-state index is 12.9. The zero-order chi connectivity index (χ0) is 23.7. The summed E-state index contributed by atoms with van der Waals surface area (Å²) in [6, 6.07) is 5.93. The summed E-state index contributed by atoms with van der Waals surface area (Å²) in [5.74, 6) is -1.83. The molecule has 3 amide bonds. The van der Waals surface area contributed by atoms with Crippen molar-refractivity contribution in [3.8, 4) is 0 Å². The van der Waals surface area contributed by atoms with Crippen LogP contribution in [0.2, 0.25) is 0 Å². The largest absolute Gasteiger partial charge is 0.480 e. The van der Waals surface area contributed by atoms with Gasteiger partial charge < -0.3 is 26.4 Å². The Kier molecular flexibility index (Phi) is 9.98. The summed E-state index contributed by atoms with van der Waals surface area (Å²) >= 11 is 1.49. The first kappa shape index (κ1) is 25.7. The summed E-state index contributed by atoms with van der Waals surface area (Å²) < 4.78 is 0. The molecule has 5 N–H and O–H groups in total. The Balaban J connectivity index is 1.94.